The van der Waals surface area contributed by atoms with E-state index in [4.69, 9.17) is 4.74 Å². The minimum absolute atomic E-state index is 0.270. The smallest absolute Gasteiger partial charge is 0.292 e. The van der Waals surface area contributed by atoms with Gasteiger partial charge in [0, 0.05) is 4.92 Å². The maximum atomic E-state index is 11.2. The number of nitrogens with one attached hydrogen (secondary N) is 1. The van der Waals surface area contributed by atoms with E-state index in [0.29, 0.717) is 0 Å². The molecule has 0 aliphatic rings. The van der Waals surface area contributed by atoms with Gasteiger partial charge in [0.1, 0.15) is 5.75 Å². The standard InChI is InChI=1S/C11H14N2O4/c1-8(12-11(14)7-13(15)16)9-3-5-10(17-2)6-4-9/h3-6,8H,7H2,1-2H3,(H,12,14). The number of methoxy groups -OCH3 is 1. The zero-order valence-electron chi connectivity index (χ0n) is 9.67. The molecule has 1 unspecified atom stereocenters. The van der Waals surface area contributed by atoms with Crippen LogP contribution in [0.2, 0.25) is 0 Å². The second-order valence-electron chi connectivity index (χ2n) is 3.55. The van der Waals surface area contributed by atoms with E-state index < -0.39 is 17.4 Å². The van der Waals surface area contributed by atoms with E-state index in [-0.39, 0.29) is 6.04 Å². The molecule has 0 fully saturated rings. The number of nitrogens with zero attached hydrogens (tertiary/aromatic N) is 1. The lowest BCUT2D eigenvalue weighted by Gasteiger charge is -2.13. The van der Waals surface area contributed by atoms with E-state index in [1.165, 1.54) is 0 Å². The Labute approximate surface area is 98.7 Å². The molecule has 1 atom stereocenters. The Bertz CT molecular complexity index is 402. The number of benzene rings is 1. The molecule has 0 bridgehead atoms. The molecule has 0 saturated heterocycles. The minimum Gasteiger partial charge on any atom is -0.497 e. The summed E-state index contributed by atoms with van der Waals surface area (Å²) in [5, 5.41) is 12.7. The summed E-state index contributed by atoms with van der Waals surface area (Å²) in [5.41, 5.74) is 0.863. The number of amides is 1. The topological polar surface area (TPSA) is 81.5 Å². The van der Waals surface area contributed by atoms with Crippen molar-refractivity contribution < 1.29 is 14.5 Å². The molecule has 0 aliphatic heterocycles. The zero-order chi connectivity index (χ0) is 12.8. The first kappa shape index (κ1) is 13.0. The van der Waals surface area contributed by atoms with Gasteiger partial charge in [0.2, 0.25) is 0 Å². The third kappa shape index (κ3) is 4.10. The number of carbonyl (C=O) groups is 1. The molecule has 1 N–H and O–H groups in total. The van der Waals surface area contributed by atoms with Crippen molar-refractivity contribution >= 4 is 5.91 Å². The Morgan fingerprint density at radius 2 is 2.06 bits per heavy atom. The summed E-state index contributed by atoms with van der Waals surface area (Å²) in [6.45, 7) is 1.06. The van der Waals surface area contributed by atoms with Gasteiger partial charge in [0.05, 0.1) is 13.2 Å². The molecule has 6 heteroatoms. The van der Waals surface area contributed by atoms with Gasteiger partial charge in [0.25, 0.3) is 12.5 Å². The van der Waals surface area contributed by atoms with Gasteiger partial charge in [-0.25, -0.2) is 0 Å². The van der Waals surface area contributed by atoms with Gasteiger partial charge in [-0.1, -0.05) is 12.1 Å². The molecular formula is C11H14N2O4. The van der Waals surface area contributed by atoms with Crippen LogP contribution in [-0.2, 0) is 4.79 Å². The molecule has 0 spiro atoms. The van der Waals surface area contributed by atoms with Gasteiger partial charge in [-0.05, 0) is 24.6 Å². The van der Waals surface area contributed by atoms with Crippen LogP contribution in [-0.4, -0.2) is 24.5 Å². The van der Waals surface area contributed by atoms with Gasteiger partial charge >= 0.3 is 0 Å². The van der Waals surface area contributed by atoms with Gasteiger partial charge in [-0.3, -0.25) is 14.9 Å². The van der Waals surface area contributed by atoms with Crippen LogP contribution in [0.5, 0.6) is 5.75 Å². The third-order valence-corrected chi connectivity index (χ3v) is 2.27. The van der Waals surface area contributed by atoms with Crippen molar-refractivity contribution in [3.63, 3.8) is 0 Å². The summed E-state index contributed by atoms with van der Waals surface area (Å²) >= 11 is 0. The van der Waals surface area contributed by atoms with Crippen LogP contribution in [0.15, 0.2) is 24.3 Å². The molecule has 92 valence electrons. The monoisotopic (exact) mass is 238 g/mol. The lowest BCUT2D eigenvalue weighted by Crippen LogP contribution is -2.31. The van der Waals surface area contributed by atoms with Crippen LogP contribution >= 0.6 is 0 Å². The van der Waals surface area contributed by atoms with Crippen LogP contribution < -0.4 is 10.1 Å². The van der Waals surface area contributed by atoms with Gasteiger partial charge in [-0.2, -0.15) is 0 Å². The summed E-state index contributed by atoms with van der Waals surface area (Å²) in [5.74, 6) is 0.121. The predicted octanol–water partition coefficient (Wildman–Crippen LogP) is 1.15. The van der Waals surface area contributed by atoms with Crippen LogP contribution in [0, 0.1) is 10.1 Å². The summed E-state index contributed by atoms with van der Waals surface area (Å²) < 4.78 is 5.01. The maximum Gasteiger partial charge on any atom is 0.292 e. The number of rotatable bonds is 5. The molecule has 0 aromatic heterocycles. The fourth-order valence-electron chi connectivity index (χ4n) is 1.38. The minimum atomic E-state index is -0.708. The highest BCUT2D eigenvalue weighted by molar-refractivity contribution is 5.77. The van der Waals surface area contributed by atoms with Gasteiger partial charge in [-0.15, -0.1) is 0 Å². The molecule has 0 aliphatic carbocycles. The molecule has 0 heterocycles. The fourth-order valence-corrected chi connectivity index (χ4v) is 1.38. The van der Waals surface area contributed by atoms with E-state index in [9.17, 15) is 14.9 Å². The van der Waals surface area contributed by atoms with E-state index in [1.807, 2.05) is 0 Å². The molecule has 1 aromatic carbocycles. The SMILES string of the molecule is COc1ccc(C(C)NC(=O)C[N+](=O)[O-])cc1. The van der Waals surface area contributed by atoms with E-state index in [2.05, 4.69) is 5.32 Å². The molecule has 17 heavy (non-hydrogen) atoms. The third-order valence-electron chi connectivity index (χ3n) is 2.27. The van der Waals surface area contributed by atoms with Crippen LogP contribution in [0.4, 0.5) is 0 Å². The molecule has 0 radical (unpaired) electrons. The highest BCUT2D eigenvalue weighted by atomic mass is 16.6. The van der Waals surface area contributed by atoms with Crippen molar-refractivity contribution in [3.05, 3.63) is 39.9 Å². The highest BCUT2D eigenvalue weighted by Crippen LogP contribution is 2.16. The Morgan fingerprint density at radius 3 is 2.53 bits per heavy atom. The average Bonchev–Trinajstić information content (AvgIpc) is 2.28. The number of hydrogen-bond donors (Lipinski definition) is 1. The van der Waals surface area contributed by atoms with E-state index in [0.717, 1.165) is 11.3 Å². The van der Waals surface area contributed by atoms with Crippen LogP contribution in [0.3, 0.4) is 0 Å². The Balaban J connectivity index is 2.59. The van der Waals surface area contributed by atoms with E-state index >= 15 is 0 Å². The lowest BCUT2D eigenvalue weighted by atomic mass is 10.1. The largest absolute Gasteiger partial charge is 0.497 e. The van der Waals surface area contributed by atoms with Crippen LogP contribution in [0.25, 0.3) is 0 Å². The average molecular weight is 238 g/mol. The lowest BCUT2D eigenvalue weighted by molar-refractivity contribution is -0.467. The van der Waals surface area contributed by atoms with Crippen molar-refractivity contribution in [1.29, 1.82) is 0 Å². The first-order chi connectivity index (χ1) is 8.02. The molecule has 1 amide bonds. The number of carbonyl (C=O) groups excluding carboxylic acids is 1. The normalized spacial score (nSPS) is 11.6. The first-order valence-electron chi connectivity index (χ1n) is 5.08. The quantitative estimate of drug-likeness (QED) is 0.616. The van der Waals surface area contributed by atoms with E-state index in [1.54, 1.807) is 38.3 Å². The van der Waals surface area contributed by atoms with Crippen LogP contribution in [0.1, 0.15) is 18.5 Å². The molecule has 1 aromatic rings. The second-order valence-corrected chi connectivity index (χ2v) is 3.55. The molecule has 6 nitrogen and oxygen atoms in total. The molecular weight excluding hydrogens is 224 g/mol. The van der Waals surface area contributed by atoms with Crippen molar-refractivity contribution in [2.45, 2.75) is 13.0 Å². The first-order valence-corrected chi connectivity index (χ1v) is 5.08. The summed E-state index contributed by atoms with van der Waals surface area (Å²) in [6, 6.07) is 6.87. The van der Waals surface area contributed by atoms with Gasteiger partial charge in [0.15, 0.2) is 0 Å². The summed E-state index contributed by atoms with van der Waals surface area (Å²) in [6.07, 6.45) is 0. The molecule has 0 saturated carbocycles. The zero-order valence-corrected chi connectivity index (χ0v) is 9.67. The Hall–Kier alpha value is -2.11. The maximum absolute atomic E-state index is 11.2. The van der Waals surface area contributed by atoms with Crippen molar-refractivity contribution in [2.24, 2.45) is 0 Å². The summed E-state index contributed by atoms with van der Waals surface area (Å²) in [4.78, 5) is 20.7. The number of nitro groups is 1. The fraction of sp³-hybridized carbons (Fsp3) is 0.364. The van der Waals surface area contributed by atoms with Crippen molar-refractivity contribution in [3.8, 4) is 5.75 Å². The number of hydrogen-bond acceptors (Lipinski definition) is 4. The van der Waals surface area contributed by atoms with Gasteiger partial charge < -0.3 is 10.1 Å². The Morgan fingerprint density at radius 1 is 1.47 bits per heavy atom. The van der Waals surface area contributed by atoms with Crippen molar-refractivity contribution in [2.75, 3.05) is 13.7 Å². The Kier molecular flexibility index (Phi) is 4.45. The summed E-state index contributed by atoms with van der Waals surface area (Å²) in [7, 11) is 1.57. The molecule has 1 rings (SSSR count). The second kappa shape index (κ2) is 5.83. The highest BCUT2D eigenvalue weighted by Gasteiger charge is 2.13. The number of ether oxygens (including phenoxy) is 1. The predicted molar refractivity (Wildman–Crippen MR) is 61.4 cm³/mol. The van der Waals surface area contributed by atoms with Crippen molar-refractivity contribution in [1.82, 2.24) is 5.32 Å².